The number of nitrogens with zero attached hydrogens (tertiary/aromatic N) is 1. The number of benzene rings is 2. The van der Waals surface area contributed by atoms with Crippen molar-refractivity contribution in [1.29, 1.82) is 0 Å². The molecule has 0 radical (unpaired) electrons. The van der Waals surface area contributed by atoms with E-state index in [2.05, 4.69) is 0 Å². The van der Waals surface area contributed by atoms with Crippen LogP contribution in [0, 0.1) is 0 Å². The van der Waals surface area contributed by atoms with E-state index >= 15 is 0 Å². The number of ether oxygens (including phenoxy) is 3. The molecular formula is C22H23NO5. The van der Waals surface area contributed by atoms with E-state index in [4.69, 9.17) is 14.2 Å². The molecule has 1 aliphatic carbocycles. The van der Waals surface area contributed by atoms with Crippen LogP contribution in [0.15, 0.2) is 24.3 Å². The highest BCUT2D eigenvalue weighted by Gasteiger charge is 2.38. The van der Waals surface area contributed by atoms with Crippen molar-refractivity contribution in [3.63, 3.8) is 0 Å². The molecule has 2 aromatic carbocycles. The zero-order valence-corrected chi connectivity index (χ0v) is 16.5. The Morgan fingerprint density at radius 3 is 2.50 bits per heavy atom. The molecule has 0 saturated carbocycles. The monoisotopic (exact) mass is 381 g/mol. The summed E-state index contributed by atoms with van der Waals surface area (Å²) in [5.41, 5.74) is 5.22. The van der Waals surface area contributed by atoms with Crippen LogP contribution in [0.5, 0.6) is 17.2 Å². The molecule has 4 rings (SSSR count). The molecule has 1 aliphatic heterocycles. The second-order valence-corrected chi connectivity index (χ2v) is 7.15. The number of amides is 1. The minimum atomic E-state index is -0.365. The third kappa shape index (κ3) is 2.80. The van der Waals surface area contributed by atoms with Gasteiger partial charge in [-0.1, -0.05) is 6.07 Å². The molecule has 2 aromatic rings. The Morgan fingerprint density at radius 1 is 1.07 bits per heavy atom. The molecular weight excluding hydrogens is 358 g/mol. The summed E-state index contributed by atoms with van der Waals surface area (Å²) in [6, 6.07) is 7.60. The Morgan fingerprint density at radius 2 is 1.86 bits per heavy atom. The number of esters is 1. The standard InChI is InChI=1S/C22H23NO5/c1-12(24)23-8-7-15-10-19(26-3)22(27-4)21-17-11-16(28-13(2)25)6-5-14(17)9-18(23)20(15)21/h5-6,10-11,18H,7-9H2,1-4H3. The van der Waals surface area contributed by atoms with Crippen LogP contribution in [0.25, 0.3) is 11.1 Å². The second kappa shape index (κ2) is 6.86. The Kier molecular flexibility index (Phi) is 4.49. The lowest BCUT2D eigenvalue weighted by molar-refractivity contribution is -0.132. The largest absolute Gasteiger partial charge is 0.493 e. The van der Waals surface area contributed by atoms with Gasteiger partial charge in [0.15, 0.2) is 11.5 Å². The van der Waals surface area contributed by atoms with Crippen molar-refractivity contribution in [1.82, 2.24) is 4.90 Å². The lowest BCUT2D eigenvalue weighted by Gasteiger charge is -2.42. The molecule has 2 aliphatic rings. The van der Waals surface area contributed by atoms with Gasteiger partial charge in [-0.25, -0.2) is 0 Å². The molecule has 146 valence electrons. The maximum Gasteiger partial charge on any atom is 0.308 e. The quantitative estimate of drug-likeness (QED) is 0.603. The molecule has 1 unspecified atom stereocenters. The van der Waals surface area contributed by atoms with Gasteiger partial charge in [0.05, 0.1) is 20.3 Å². The summed E-state index contributed by atoms with van der Waals surface area (Å²) in [7, 11) is 3.24. The summed E-state index contributed by atoms with van der Waals surface area (Å²) >= 11 is 0. The maximum absolute atomic E-state index is 12.3. The van der Waals surface area contributed by atoms with Crippen molar-refractivity contribution in [2.24, 2.45) is 0 Å². The van der Waals surface area contributed by atoms with Gasteiger partial charge in [-0.3, -0.25) is 9.59 Å². The lowest BCUT2D eigenvalue weighted by atomic mass is 9.76. The average Bonchev–Trinajstić information content (AvgIpc) is 2.67. The number of methoxy groups -OCH3 is 2. The zero-order valence-electron chi connectivity index (χ0n) is 16.5. The van der Waals surface area contributed by atoms with E-state index in [9.17, 15) is 9.59 Å². The fourth-order valence-electron chi connectivity index (χ4n) is 4.46. The first-order valence-corrected chi connectivity index (χ1v) is 9.31. The van der Waals surface area contributed by atoms with E-state index in [1.807, 2.05) is 23.1 Å². The molecule has 0 fully saturated rings. The van der Waals surface area contributed by atoms with E-state index in [0.29, 0.717) is 30.2 Å². The van der Waals surface area contributed by atoms with E-state index in [0.717, 1.165) is 28.7 Å². The lowest BCUT2D eigenvalue weighted by Crippen LogP contribution is -2.41. The predicted molar refractivity (Wildman–Crippen MR) is 104 cm³/mol. The highest BCUT2D eigenvalue weighted by molar-refractivity contribution is 5.86. The van der Waals surface area contributed by atoms with Crippen molar-refractivity contribution in [3.8, 4) is 28.4 Å². The maximum atomic E-state index is 12.3. The predicted octanol–water partition coefficient (Wildman–Crippen LogP) is 3.30. The van der Waals surface area contributed by atoms with Gasteiger partial charge in [0.2, 0.25) is 5.91 Å². The number of carbonyl (C=O) groups is 2. The molecule has 28 heavy (non-hydrogen) atoms. The summed E-state index contributed by atoms with van der Waals surface area (Å²) in [5.74, 6) is 1.49. The van der Waals surface area contributed by atoms with Crippen LogP contribution < -0.4 is 14.2 Å². The van der Waals surface area contributed by atoms with Crippen LogP contribution in [0.3, 0.4) is 0 Å². The van der Waals surface area contributed by atoms with E-state index in [1.165, 1.54) is 12.5 Å². The molecule has 1 heterocycles. The summed E-state index contributed by atoms with van der Waals surface area (Å²) in [6.45, 7) is 3.68. The first kappa shape index (κ1) is 18.3. The molecule has 6 nitrogen and oxygen atoms in total. The smallest absolute Gasteiger partial charge is 0.308 e. The Balaban J connectivity index is 2.00. The van der Waals surface area contributed by atoms with Crippen molar-refractivity contribution in [3.05, 3.63) is 41.0 Å². The van der Waals surface area contributed by atoms with Gasteiger partial charge < -0.3 is 19.1 Å². The van der Waals surface area contributed by atoms with Crippen LogP contribution in [-0.2, 0) is 22.4 Å². The van der Waals surface area contributed by atoms with Crippen LogP contribution in [0.1, 0.15) is 36.6 Å². The number of rotatable bonds is 3. The van der Waals surface area contributed by atoms with Gasteiger partial charge in [0, 0.05) is 26.0 Å². The first-order chi connectivity index (χ1) is 13.4. The average molecular weight is 381 g/mol. The number of hydrogen-bond acceptors (Lipinski definition) is 5. The molecule has 0 spiro atoms. The minimum absolute atomic E-state index is 0.0388. The Labute approximate surface area is 164 Å². The molecule has 1 amide bonds. The number of fused-ring (bicyclic) bond motifs is 2. The van der Waals surface area contributed by atoms with Crippen LogP contribution in [0.4, 0.5) is 0 Å². The summed E-state index contributed by atoms with van der Waals surface area (Å²) in [5, 5.41) is 0. The topological polar surface area (TPSA) is 65.1 Å². The molecule has 0 saturated heterocycles. The summed E-state index contributed by atoms with van der Waals surface area (Å²) in [4.78, 5) is 25.6. The van der Waals surface area contributed by atoms with Crippen molar-refractivity contribution in [2.75, 3.05) is 20.8 Å². The van der Waals surface area contributed by atoms with Gasteiger partial charge in [0.1, 0.15) is 5.75 Å². The van der Waals surface area contributed by atoms with E-state index < -0.39 is 0 Å². The number of carbonyl (C=O) groups excluding carboxylic acids is 2. The van der Waals surface area contributed by atoms with Crippen LogP contribution in [-0.4, -0.2) is 37.5 Å². The summed E-state index contributed by atoms with van der Waals surface area (Å²) < 4.78 is 16.6. The third-order valence-electron chi connectivity index (χ3n) is 5.56. The minimum Gasteiger partial charge on any atom is -0.493 e. The molecule has 0 aromatic heterocycles. The van der Waals surface area contributed by atoms with Gasteiger partial charge in [-0.2, -0.15) is 0 Å². The van der Waals surface area contributed by atoms with Crippen molar-refractivity contribution in [2.45, 2.75) is 32.7 Å². The first-order valence-electron chi connectivity index (χ1n) is 9.31. The van der Waals surface area contributed by atoms with Gasteiger partial charge >= 0.3 is 5.97 Å². The molecule has 6 heteroatoms. The SMILES string of the molecule is COc1cc2c3c(c1OC)-c1cc(OC(C)=O)ccc1CC3N(C(C)=O)CC2. The molecule has 0 bridgehead atoms. The summed E-state index contributed by atoms with van der Waals surface area (Å²) in [6.07, 6.45) is 1.47. The van der Waals surface area contributed by atoms with Crippen LogP contribution in [0.2, 0.25) is 0 Å². The fraction of sp³-hybridized carbons (Fsp3) is 0.364. The molecule has 0 N–H and O–H groups in total. The molecule has 1 atom stereocenters. The van der Waals surface area contributed by atoms with E-state index in [1.54, 1.807) is 27.2 Å². The Bertz CT molecular complexity index is 981. The van der Waals surface area contributed by atoms with Crippen molar-refractivity contribution >= 4 is 11.9 Å². The second-order valence-electron chi connectivity index (χ2n) is 7.15. The van der Waals surface area contributed by atoms with Crippen LogP contribution >= 0.6 is 0 Å². The van der Waals surface area contributed by atoms with Crippen molar-refractivity contribution < 1.29 is 23.8 Å². The number of hydrogen-bond donors (Lipinski definition) is 0. The third-order valence-corrected chi connectivity index (χ3v) is 5.56. The van der Waals surface area contributed by atoms with E-state index in [-0.39, 0.29) is 17.9 Å². The highest BCUT2D eigenvalue weighted by atomic mass is 16.5. The normalized spacial score (nSPS) is 16.7. The highest BCUT2D eigenvalue weighted by Crippen LogP contribution is 2.53. The zero-order chi connectivity index (χ0) is 20.0. The van der Waals surface area contributed by atoms with Gasteiger partial charge in [-0.05, 0) is 53.3 Å². The van der Waals surface area contributed by atoms with Gasteiger partial charge in [0.25, 0.3) is 0 Å². The Hall–Kier alpha value is -3.02. The fourth-order valence-corrected chi connectivity index (χ4v) is 4.46. The van der Waals surface area contributed by atoms with Gasteiger partial charge in [-0.15, -0.1) is 0 Å².